The molecular formula is C32H29NO4. The Labute approximate surface area is 216 Å². The van der Waals surface area contributed by atoms with Gasteiger partial charge in [-0.3, -0.25) is 14.4 Å². The van der Waals surface area contributed by atoms with Gasteiger partial charge in [0.25, 0.3) is 0 Å². The lowest BCUT2D eigenvalue weighted by Crippen LogP contribution is -2.41. The van der Waals surface area contributed by atoms with Gasteiger partial charge in [0.2, 0.25) is 11.8 Å². The summed E-state index contributed by atoms with van der Waals surface area (Å²) in [5.74, 6) is -1.50. The van der Waals surface area contributed by atoms with Crippen LogP contribution in [0, 0.1) is 22.7 Å². The number of ether oxygens (including phenoxy) is 1. The van der Waals surface area contributed by atoms with Gasteiger partial charge < -0.3 is 4.74 Å². The average Bonchev–Trinajstić information content (AvgIpc) is 3.45. The van der Waals surface area contributed by atoms with Crippen LogP contribution in [0.25, 0.3) is 11.1 Å². The summed E-state index contributed by atoms with van der Waals surface area (Å²) < 4.78 is 5.37. The normalized spacial score (nSPS) is 28.3. The van der Waals surface area contributed by atoms with Gasteiger partial charge >= 0.3 is 0 Å². The van der Waals surface area contributed by atoms with E-state index in [0.29, 0.717) is 24.3 Å². The second kappa shape index (κ2) is 8.27. The largest absolute Gasteiger partial charge is 0.497 e. The summed E-state index contributed by atoms with van der Waals surface area (Å²) in [6.45, 7) is 3.95. The Bertz CT molecular complexity index is 1370. The molecule has 0 N–H and O–H groups in total. The van der Waals surface area contributed by atoms with Gasteiger partial charge in [-0.25, -0.2) is 4.90 Å². The van der Waals surface area contributed by atoms with E-state index in [9.17, 15) is 14.4 Å². The lowest BCUT2D eigenvalue weighted by atomic mass is 9.60. The van der Waals surface area contributed by atoms with E-state index in [1.807, 2.05) is 74.5 Å². The maximum atomic E-state index is 14.7. The highest BCUT2D eigenvalue weighted by Crippen LogP contribution is 2.75. The first kappa shape index (κ1) is 23.4. The van der Waals surface area contributed by atoms with Crippen molar-refractivity contribution in [1.29, 1.82) is 0 Å². The first-order chi connectivity index (χ1) is 18.0. The molecular weight excluding hydrogens is 462 g/mol. The second-order valence-corrected chi connectivity index (χ2v) is 10.1. The molecule has 5 heteroatoms. The Morgan fingerprint density at radius 2 is 1.19 bits per heavy atom. The number of methoxy groups -OCH3 is 1. The second-order valence-electron chi connectivity index (χ2n) is 10.1. The zero-order valence-electron chi connectivity index (χ0n) is 21.2. The number of Topliss-reactive ketones (excluding diaryl/α,β-unsaturated/α-hetero) is 1. The number of rotatable bonds is 6. The number of hydrogen-bond acceptors (Lipinski definition) is 4. The molecule has 0 unspecified atom stereocenters. The lowest BCUT2D eigenvalue weighted by molar-refractivity contribution is -0.134. The molecule has 1 saturated heterocycles. The Kier molecular flexibility index (Phi) is 5.23. The highest BCUT2D eigenvalue weighted by Gasteiger charge is 2.80. The van der Waals surface area contributed by atoms with Crippen LogP contribution in [0.5, 0.6) is 5.75 Å². The number of ketones is 1. The molecule has 0 spiro atoms. The molecule has 5 nitrogen and oxygen atoms in total. The molecule has 4 atom stereocenters. The number of carbonyl (C=O) groups is 3. The first-order valence-corrected chi connectivity index (χ1v) is 12.9. The Morgan fingerprint density at radius 1 is 0.703 bits per heavy atom. The molecule has 6 rings (SSSR count). The number of anilines is 1. The van der Waals surface area contributed by atoms with Crippen molar-refractivity contribution >= 4 is 34.4 Å². The maximum Gasteiger partial charge on any atom is 0.239 e. The molecule has 0 aromatic heterocycles. The summed E-state index contributed by atoms with van der Waals surface area (Å²) in [7, 11) is 1.56. The highest BCUT2D eigenvalue weighted by molar-refractivity contribution is 6.34. The quantitative estimate of drug-likeness (QED) is 0.409. The van der Waals surface area contributed by atoms with Gasteiger partial charge in [-0.05, 0) is 47.2 Å². The molecule has 3 aromatic rings. The third-order valence-electron chi connectivity index (χ3n) is 8.87. The van der Waals surface area contributed by atoms with Crippen molar-refractivity contribution < 1.29 is 19.1 Å². The minimum atomic E-state index is -1.08. The van der Waals surface area contributed by atoms with E-state index in [1.54, 1.807) is 31.4 Å². The van der Waals surface area contributed by atoms with Crippen LogP contribution in [0.15, 0.2) is 84.9 Å². The van der Waals surface area contributed by atoms with Crippen LogP contribution in [0.4, 0.5) is 5.69 Å². The number of hydrogen-bond donors (Lipinski definition) is 0. The third kappa shape index (κ3) is 2.77. The van der Waals surface area contributed by atoms with Gasteiger partial charge in [-0.15, -0.1) is 0 Å². The smallest absolute Gasteiger partial charge is 0.239 e. The molecule has 0 radical (unpaired) electrons. The number of amides is 2. The zero-order chi connectivity index (χ0) is 25.9. The fourth-order valence-corrected chi connectivity index (χ4v) is 7.46. The number of benzene rings is 3. The molecule has 3 aliphatic rings. The Morgan fingerprint density at radius 3 is 1.62 bits per heavy atom. The van der Waals surface area contributed by atoms with E-state index >= 15 is 0 Å². The molecule has 1 heterocycles. The average molecular weight is 492 g/mol. The van der Waals surface area contributed by atoms with E-state index in [-0.39, 0.29) is 17.6 Å². The van der Waals surface area contributed by atoms with Crippen molar-refractivity contribution in [3.05, 3.63) is 96.1 Å². The zero-order valence-corrected chi connectivity index (χ0v) is 21.2. The van der Waals surface area contributed by atoms with Crippen LogP contribution >= 0.6 is 0 Å². The van der Waals surface area contributed by atoms with Crippen LogP contribution < -0.4 is 9.64 Å². The molecule has 2 amide bonds. The van der Waals surface area contributed by atoms with Gasteiger partial charge in [0.15, 0.2) is 5.78 Å². The van der Waals surface area contributed by atoms with Crippen LogP contribution in [0.1, 0.15) is 37.8 Å². The Hall–Kier alpha value is -3.99. The van der Waals surface area contributed by atoms with Gasteiger partial charge in [0.1, 0.15) is 5.75 Å². The Balaban J connectivity index is 1.66. The van der Waals surface area contributed by atoms with Crippen LogP contribution in [0.2, 0.25) is 0 Å². The number of allylic oxidation sites excluding steroid dienone is 2. The predicted octanol–water partition coefficient (Wildman–Crippen LogP) is 5.80. The molecule has 2 bridgehead atoms. The van der Waals surface area contributed by atoms with Crippen LogP contribution in [-0.2, 0) is 14.4 Å². The molecule has 2 aliphatic carbocycles. The van der Waals surface area contributed by atoms with Crippen molar-refractivity contribution in [2.24, 2.45) is 22.7 Å². The summed E-state index contributed by atoms with van der Waals surface area (Å²) in [5.41, 5.74) is 2.01. The van der Waals surface area contributed by atoms with Crippen molar-refractivity contribution in [2.45, 2.75) is 26.7 Å². The molecule has 186 valence electrons. The number of imide groups is 1. The summed E-state index contributed by atoms with van der Waals surface area (Å²) in [6.07, 6.45) is 0.889. The minimum Gasteiger partial charge on any atom is -0.497 e. The number of nitrogens with zero attached hydrogens (tertiary/aromatic N) is 1. The SMILES string of the molecule is CC[C@]12C(=O)[C@@](CC)(C(c3ccccc3)=C1c1ccccc1)[C@H]1C(=O)N(c3cccc(OC)c3)C(=O)[C@H]12. The first-order valence-electron chi connectivity index (χ1n) is 12.9. The van der Waals surface area contributed by atoms with E-state index in [4.69, 9.17) is 4.74 Å². The monoisotopic (exact) mass is 491 g/mol. The molecule has 3 aromatic carbocycles. The summed E-state index contributed by atoms with van der Waals surface area (Å²) in [5, 5.41) is 0. The highest BCUT2D eigenvalue weighted by atomic mass is 16.5. The van der Waals surface area contributed by atoms with E-state index in [1.165, 1.54) is 4.90 Å². The van der Waals surface area contributed by atoms with Gasteiger partial charge in [0.05, 0.1) is 35.5 Å². The van der Waals surface area contributed by atoms with Crippen molar-refractivity contribution in [1.82, 2.24) is 0 Å². The van der Waals surface area contributed by atoms with Crippen LogP contribution in [0.3, 0.4) is 0 Å². The molecule has 1 saturated carbocycles. The summed E-state index contributed by atoms with van der Waals surface area (Å²) >= 11 is 0. The van der Waals surface area contributed by atoms with E-state index < -0.39 is 22.7 Å². The fraction of sp³-hybridized carbons (Fsp3) is 0.281. The molecule has 1 aliphatic heterocycles. The van der Waals surface area contributed by atoms with Gasteiger partial charge in [-0.2, -0.15) is 0 Å². The summed E-state index contributed by atoms with van der Waals surface area (Å²) in [6, 6.07) is 26.8. The van der Waals surface area contributed by atoms with Crippen molar-refractivity contribution in [3.8, 4) is 5.75 Å². The third-order valence-corrected chi connectivity index (χ3v) is 8.87. The van der Waals surface area contributed by atoms with Crippen LogP contribution in [-0.4, -0.2) is 24.7 Å². The number of carbonyl (C=O) groups excluding carboxylic acids is 3. The van der Waals surface area contributed by atoms with Crippen molar-refractivity contribution in [2.75, 3.05) is 12.0 Å². The maximum absolute atomic E-state index is 14.7. The van der Waals surface area contributed by atoms with E-state index in [0.717, 1.165) is 22.3 Å². The lowest BCUT2D eigenvalue weighted by Gasteiger charge is -2.38. The molecule has 2 fully saturated rings. The van der Waals surface area contributed by atoms with Crippen molar-refractivity contribution in [3.63, 3.8) is 0 Å². The number of fused-ring (bicyclic) bond motifs is 5. The van der Waals surface area contributed by atoms with E-state index in [2.05, 4.69) is 0 Å². The summed E-state index contributed by atoms with van der Waals surface area (Å²) in [4.78, 5) is 44.5. The standard InChI is InChI=1S/C32H29NO4/c1-4-31-24(20-13-8-6-9-14-20)25(21-15-10-7-11-16-21)32(5-2,30(31)36)27-26(31)28(34)33(29(27)35)22-17-12-18-23(19-22)37-3/h6-19,26-27H,4-5H2,1-3H3/t26-,27+,31-,32-/m0/s1. The van der Waals surface area contributed by atoms with Gasteiger partial charge in [-0.1, -0.05) is 80.6 Å². The van der Waals surface area contributed by atoms with Gasteiger partial charge in [0, 0.05) is 6.07 Å². The molecule has 37 heavy (non-hydrogen) atoms. The predicted molar refractivity (Wildman–Crippen MR) is 143 cm³/mol. The fourth-order valence-electron chi connectivity index (χ4n) is 7.46. The topological polar surface area (TPSA) is 63.7 Å². The minimum absolute atomic E-state index is 0.0182.